The van der Waals surface area contributed by atoms with Gasteiger partial charge in [0, 0.05) is 42.4 Å². The molecule has 0 aromatic heterocycles. The second kappa shape index (κ2) is 12.8. The molecule has 2 aliphatic rings. The molecule has 2 aliphatic heterocycles. The van der Waals surface area contributed by atoms with E-state index in [9.17, 15) is 14.7 Å². The van der Waals surface area contributed by atoms with E-state index in [0.29, 0.717) is 49.5 Å². The monoisotopic (exact) mass is 543 g/mol. The predicted molar refractivity (Wildman–Crippen MR) is 147 cm³/mol. The van der Waals surface area contributed by atoms with Gasteiger partial charge in [0.05, 0.1) is 18.8 Å². The Labute approximate surface area is 229 Å². The summed E-state index contributed by atoms with van der Waals surface area (Å²) in [6, 6.07) is 11.6. The van der Waals surface area contributed by atoms with Gasteiger partial charge in [0.15, 0.2) is 0 Å². The summed E-state index contributed by atoms with van der Waals surface area (Å²) < 4.78 is 10.8. The lowest BCUT2D eigenvalue weighted by Gasteiger charge is -2.44. The molecule has 2 aromatic carbocycles. The standard InChI is InChI=1S/C29H38ClN3O5/c1-32-14-3-9-26(34)33-15-4-6-22(19-33)29(36,13-5-16-38-28(31)35)23-7-2-8-24(30)27(23)21-11-10-20-12-17-37-25(20)18-21/h2,7-8,10-11,18,22,32,36H,3-6,9,12-17,19H2,1H3,(H2,31,35)/t22?,29-/m0/s1. The summed E-state index contributed by atoms with van der Waals surface area (Å²) in [4.78, 5) is 26.0. The number of primary amides is 1. The van der Waals surface area contributed by atoms with Crippen LogP contribution in [0.5, 0.6) is 5.75 Å². The van der Waals surface area contributed by atoms with Crippen LogP contribution in [-0.2, 0) is 21.6 Å². The molecule has 0 aliphatic carbocycles. The van der Waals surface area contributed by atoms with Crippen LogP contribution >= 0.6 is 11.6 Å². The average molecular weight is 544 g/mol. The Morgan fingerprint density at radius 1 is 1.29 bits per heavy atom. The number of rotatable bonds is 11. The molecule has 0 spiro atoms. The molecule has 38 heavy (non-hydrogen) atoms. The molecule has 4 N–H and O–H groups in total. The molecular formula is C29H38ClN3O5. The first kappa shape index (κ1) is 28.2. The van der Waals surface area contributed by atoms with Crippen molar-refractivity contribution in [3.8, 4) is 16.9 Å². The van der Waals surface area contributed by atoms with Crippen LogP contribution in [0.1, 0.15) is 49.7 Å². The van der Waals surface area contributed by atoms with Crippen LogP contribution in [0.4, 0.5) is 4.79 Å². The van der Waals surface area contributed by atoms with E-state index in [1.165, 1.54) is 0 Å². The van der Waals surface area contributed by atoms with Crippen molar-refractivity contribution < 1.29 is 24.2 Å². The SMILES string of the molecule is CNCCCC(=O)N1CCCC([C@@](O)(CCCOC(N)=O)c2cccc(Cl)c2-c2ccc3c(c2)OCC3)C1. The maximum absolute atomic E-state index is 13.0. The molecule has 2 heterocycles. The van der Waals surface area contributed by atoms with Gasteiger partial charge in [0.25, 0.3) is 0 Å². The zero-order valence-electron chi connectivity index (χ0n) is 22.0. The van der Waals surface area contributed by atoms with Crippen LogP contribution in [0.25, 0.3) is 11.1 Å². The molecule has 0 saturated carbocycles. The fourth-order valence-electron chi connectivity index (χ4n) is 5.74. The molecule has 8 nitrogen and oxygen atoms in total. The van der Waals surface area contributed by atoms with Crippen LogP contribution < -0.4 is 15.8 Å². The molecule has 9 heteroatoms. The Morgan fingerprint density at radius 3 is 2.92 bits per heavy atom. The van der Waals surface area contributed by atoms with E-state index >= 15 is 0 Å². The number of fused-ring (bicyclic) bond motifs is 1. The summed E-state index contributed by atoms with van der Waals surface area (Å²) in [5.74, 6) is 0.718. The van der Waals surface area contributed by atoms with E-state index in [4.69, 9.17) is 26.8 Å². The number of benzene rings is 2. The topological polar surface area (TPSA) is 114 Å². The highest BCUT2D eigenvalue weighted by Crippen LogP contribution is 2.46. The zero-order valence-corrected chi connectivity index (χ0v) is 22.8. The highest BCUT2D eigenvalue weighted by molar-refractivity contribution is 6.33. The lowest BCUT2D eigenvalue weighted by molar-refractivity contribution is -0.136. The number of amides is 2. The largest absolute Gasteiger partial charge is 0.493 e. The third-order valence-electron chi connectivity index (χ3n) is 7.68. The van der Waals surface area contributed by atoms with Crippen molar-refractivity contribution in [3.63, 3.8) is 0 Å². The zero-order chi connectivity index (χ0) is 27.1. The van der Waals surface area contributed by atoms with Crippen molar-refractivity contribution in [1.29, 1.82) is 0 Å². The maximum atomic E-state index is 13.0. The van der Waals surface area contributed by atoms with Crippen molar-refractivity contribution in [2.24, 2.45) is 11.7 Å². The summed E-state index contributed by atoms with van der Waals surface area (Å²) in [5.41, 5.74) is 7.33. The van der Waals surface area contributed by atoms with Crippen molar-refractivity contribution >= 4 is 23.6 Å². The predicted octanol–water partition coefficient (Wildman–Crippen LogP) is 4.24. The molecular weight excluding hydrogens is 506 g/mol. The van der Waals surface area contributed by atoms with Gasteiger partial charge in [-0.3, -0.25) is 4.79 Å². The summed E-state index contributed by atoms with van der Waals surface area (Å²) in [6.45, 7) is 2.66. The number of aliphatic hydroxyl groups is 1. The van der Waals surface area contributed by atoms with Gasteiger partial charge in [-0.15, -0.1) is 0 Å². The fourth-order valence-corrected chi connectivity index (χ4v) is 6.02. The molecule has 206 valence electrons. The van der Waals surface area contributed by atoms with Gasteiger partial charge >= 0.3 is 6.09 Å². The highest BCUT2D eigenvalue weighted by Gasteiger charge is 2.43. The normalized spacial score (nSPS) is 18.4. The Balaban J connectivity index is 1.68. The van der Waals surface area contributed by atoms with E-state index in [1.807, 2.05) is 42.3 Å². The number of likely N-dealkylation sites (tertiary alicyclic amines) is 1. The Bertz CT molecular complexity index is 1140. The highest BCUT2D eigenvalue weighted by atomic mass is 35.5. The first-order valence-corrected chi connectivity index (χ1v) is 13.8. The molecule has 4 rings (SSSR count). The first-order chi connectivity index (χ1) is 18.3. The summed E-state index contributed by atoms with van der Waals surface area (Å²) >= 11 is 6.80. The number of carbonyl (C=O) groups excluding carboxylic acids is 2. The summed E-state index contributed by atoms with van der Waals surface area (Å²) in [5, 5.41) is 16.2. The number of hydrogen-bond acceptors (Lipinski definition) is 6. The van der Waals surface area contributed by atoms with Crippen molar-refractivity contribution in [1.82, 2.24) is 10.2 Å². The van der Waals surface area contributed by atoms with Gasteiger partial charge < -0.3 is 30.5 Å². The maximum Gasteiger partial charge on any atom is 0.404 e. The van der Waals surface area contributed by atoms with Crippen LogP contribution in [0.3, 0.4) is 0 Å². The number of nitrogens with one attached hydrogen (secondary N) is 1. The van der Waals surface area contributed by atoms with Crippen LogP contribution in [0.2, 0.25) is 5.02 Å². The fraction of sp³-hybridized carbons (Fsp3) is 0.517. The van der Waals surface area contributed by atoms with Crippen LogP contribution in [0, 0.1) is 5.92 Å². The molecule has 2 aromatic rings. The molecule has 0 radical (unpaired) electrons. The molecule has 1 fully saturated rings. The number of ether oxygens (including phenoxy) is 2. The smallest absolute Gasteiger partial charge is 0.404 e. The molecule has 2 amide bonds. The number of hydrogen-bond donors (Lipinski definition) is 3. The average Bonchev–Trinajstić information content (AvgIpc) is 3.39. The van der Waals surface area contributed by atoms with Crippen LogP contribution in [-0.4, -0.2) is 61.9 Å². The lowest BCUT2D eigenvalue weighted by Crippen LogP contribution is -2.48. The molecule has 1 unspecified atom stereocenters. The van der Waals surface area contributed by atoms with E-state index in [-0.39, 0.29) is 18.4 Å². The van der Waals surface area contributed by atoms with Crippen LogP contribution in [0.15, 0.2) is 36.4 Å². The summed E-state index contributed by atoms with van der Waals surface area (Å²) in [7, 11) is 1.87. The minimum atomic E-state index is -1.31. The third-order valence-corrected chi connectivity index (χ3v) is 7.99. The summed E-state index contributed by atoms with van der Waals surface area (Å²) in [6.07, 6.45) is 3.55. The first-order valence-electron chi connectivity index (χ1n) is 13.5. The van der Waals surface area contributed by atoms with Crippen molar-refractivity contribution in [2.45, 2.75) is 50.5 Å². The van der Waals surface area contributed by atoms with Crippen molar-refractivity contribution in [2.75, 3.05) is 39.9 Å². The number of halogens is 1. The molecule has 1 saturated heterocycles. The van der Waals surface area contributed by atoms with Gasteiger partial charge in [-0.1, -0.05) is 35.9 Å². The van der Waals surface area contributed by atoms with E-state index < -0.39 is 11.7 Å². The third kappa shape index (κ3) is 6.42. The second-order valence-electron chi connectivity index (χ2n) is 10.2. The van der Waals surface area contributed by atoms with E-state index in [2.05, 4.69) is 11.4 Å². The Kier molecular flexibility index (Phi) is 9.52. The lowest BCUT2D eigenvalue weighted by atomic mass is 9.72. The molecule has 0 bridgehead atoms. The van der Waals surface area contributed by atoms with Gasteiger partial charge in [-0.2, -0.15) is 0 Å². The number of nitrogens with two attached hydrogens (primary N) is 1. The number of piperidine rings is 1. The van der Waals surface area contributed by atoms with Gasteiger partial charge in [-0.25, -0.2) is 4.79 Å². The second-order valence-corrected chi connectivity index (χ2v) is 10.6. The Morgan fingerprint density at radius 2 is 2.13 bits per heavy atom. The number of nitrogens with zero attached hydrogens (tertiary/aromatic N) is 1. The number of carbonyl (C=O) groups is 2. The minimum Gasteiger partial charge on any atom is -0.493 e. The minimum absolute atomic E-state index is 0.0968. The quantitative estimate of drug-likeness (QED) is 0.365. The van der Waals surface area contributed by atoms with Gasteiger partial charge in [0.1, 0.15) is 5.75 Å². The van der Waals surface area contributed by atoms with Crippen molar-refractivity contribution in [3.05, 3.63) is 52.5 Å². The van der Waals surface area contributed by atoms with Gasteiger partial charge in [0.2, 0.25) is 5.91 Å². The van der Waals surface area contributed by atoms with Gasteiger partial charge in [-0.05, 0) is 74.5 Å². The molecule has 2 atom stereocenters. The Hall–Kier alpha value is -2.81. The van der Waals surface area contributed by atoms with E-state index in [0.717, 1.165) is 54.7 Å². The van der Waals surface area contributed by atoms with E-state index in [1.54, 1.807) is 0 Å².